The molecule has 1 aromatic heterocycles. The summed E-state index contributed by atoms with van der Waals surface area (Å²) in [6, 6.07) is 26.5. The van der Waals surface area contributed by atoms with Gasteiger partial charge in [0.05, 0.1) is 31.5 Å². The fourth-order valence-electron chi connectivity index (χ4n) is 4.52. The molecule has 47 heavy (non-hydrogen) atoms. The summed E-state index contributed by atoms with van der Waals surface area (Å²) in [5.41, 5.74) is -0.232. The van der Waals surface area contributed by atoms with Crippen LogP contribution in [-0.4, -0.2) is 22.5 Å². The first-order chi connectivity index (χ1) is 22.4. The Morgan fingerprint density at radius 2 is 1.32 bits per heavy atom. The second kappa shape index (κ2) is 13.4. The molecule has 14 heteroatoms. The third-order valence-electron chi connectivity index (χ3n) is 6.73. The summed E-state index contributed by atoms with van der Waals surface area (Å²) in [6.07, 6.45) is 0. The van der Waals surface area contributed by atoms with Gasteiger partial charge in [-0.2, -0.15) is 8.42 Å². The van der Waals surface area contributed by atoms with Crippen LogP contribution >= 0.6 is 46.4 Å². The average molecular weight is 730 g/mol. The lowest BCUT2D eigenvalue weighted by molar-refractivity contribution is 0.292. The number of aromatic nitrogens is 2. The molecule has 0 saturated carbocycles. The minimum Gasteiger partial charge on any atom is -0.486 e. The maximum atomic E-state index is 13.9. The van der Waals surface area contributed by atoms with E-state index in [1.807, 2.05) is 0 Å². The van der Waals surface area contributed by atoms with Crippen molar-refractivity contribution < 1.29 is 27.2 Å². The van der Waals surface area contributed by atoms with Crippen LogP contribution in [0.5, 0.6) is 28.7 Å². The number of rotatable bonds is 9. The van der Waals surface area contributed by atoms with Crippen molar-refractivity contribution in [2.24, 2.45) is 0 Å². The van der Waals surface area contributed by atoms with E-state index in [-0.39, 0.29) is 34.0 Å². The Bertz CT molecular complexity index is 2300. The SMILES string of the molecule is O=c1c2cc(S(=O)(=O)O)ccc2nc(COc2ccc(Oc3ccc(Cl)cc3Cl)cc2)n1-c1ccc(Oc2ccc(Cl)cc2)cc1Cl. The number of halogens is 4. The van der Waals surface area contributed by atoms with E-state index in [2.05, 4.69) is 4.98 Å². The highest BCUT2D eigenvalue weighted by atomic mass is 35.5. The summed E-state index contributed by atoms with van der Waals surface area (Å²) in [6.45, 7) is -0.187. The fourth-order valence-corrected chi connectivity index (χ4v) is 5.86. The van der Waals surface area contributed by atoms with E-state index in [9.17, 15) is 17.8 Å². The standard InChI is InChI=1S/C33H20Cl4N2O7S/c34-19-1-4-22(5-2-19)45-24-10-13-30(27(36)16-24)39-32(38-29-12-11-25(47(41,42)43)17-26(29)33(39)40)18-44-21-6-8-23(9-7-21)46-31-14-3-20(35)15-28(31)37/h1-17H,18H2,(H,41,42,43). The van der Waals surface area contributed by atoms with Gasteiger partial charge >= 0.3 is 0 Å². The highest BCUT2D eigenvalue weighted by Crippen LogP contribution is 2.33. The summed E-state index contributed by atoms with van der Waals surface area (Å²) in [5, 5.41) is 1.45. The second-order valence-electron chi connectivity index (χ2n) is 9.93. The molecule has 0 aliphatic carbocycles. The van der Waals surface area contributed by atoms with Gasteiger partial charge in [-0.15, -0.1) is 0 Å². The Kier molecular flexibility index (Phi) is 9.34. The second-order valence-corrected chi connectivity index (χ2v) is 13.0. The van der Waals surface area contributed by atoms with E-state index in [0.717, 1.165) is 12.1 Å². The lowest BCUT2D eigenvalue weighted by Crippen LogP contribution is -2.25. The molecule has 0 aliphatic heterocycles. The summed E-state index contributed by atoms with van der Waals surface area (Å²) < 4.78 is 52.1. The van der Waals surface area contributed by atoms with E-state index < -0.39 is 20.6 Å². The van der Waals surface area contributed by atoms with Crippen LogP contribution in [0.2, 0.25) is 20.1 Å². The van der Waals surface area contributed by atoms with Crippen LogP contribution in [0.1, 0.15) is 5.82 Å². The van der Waals surface area contributed by atoms with Crippen LogP contribution in [0, 0.1) is 0 Å². The predicted octanol–water partition coefficient (Wildman–Crippen LogP) is 9.41. The van der Waals surface area contributed by atoms with Gasteiger partial charge in [0.1, 0.15) is 35.4 Å². The smallest absolute Gasteiger partial charge is 0.294 e. The molecule has 0 bridgehead atoms. The Morgan fingerprint density at radius 1 is 0.681 bits per heavy atom. The Morgan fingerprint density at radius 3 is 2.00 bits per heavy atom. The van der Waals surface area contributed by atoms with Crippen molar-refractivity contribution in [3.63, 3.8) is 0 Å². The summed E-state index contributed by atoms with van der Waals surface area (Å²) in [4.78, 5) is 18.1. The Balaban J connectivity index is 1.34. The fraction of sp³-hybridized carbons (Fsp3) is 0.0303. The van der Waals surface area contributed by atoms with Crippen molar-refractivity contribution in [3.8, 4) is 34.4 Å². The molecule has 1 N–H and O–H groups in total. The molecule has 0 spiro atoms. The van der Waals surface area contributed by atoms with Gasteiger partial charge in [0.2, 0.25) is 0 Å². The van der Waals surface area contributed by atoms with Crippen LogP contribution in [-0.2, 0) is 16.7 Å². The van der Waals surface area contributed by atoms with Crippen LogP contribution in [0.4, 0.5) is 0 Å². The molecule has 238 valence electrons. The third kappa shape index (κ3) is 7.49. The quantitative estimate of drug-likeness (QED) is 0.146. The zero-order valence-electron chi connectivity index (χ0n) is 23.7. The first kappa shape index (κ1) is 32.6. The number of hydrogen-bond donors (Lipinski definition) is 1. The summed E-state index contributed by atoms with van der Waals surface area (Å²) in [7, 11) is -4.59. The van der Waals surface area contributed by atoms with Crippen molar-refractivity contribution in [1.29, 1.82) is 0 Å². The lowest BCUT2D eigenvalue weighted by atomic mass is 10.2. The topological polar surface area (TPSA) is 117 Å². The Labute approximate surface area is 288 Å². The minimum atomic E-state index is -4.59. The van der Waals surface area contributed by atoms with Crippen LogP contribution < -0.4 is 19.8 Å². The highest BCUT2D eigenvalue weighted by Gasteiger charge is 2.19. The first-order valence-electron chi connectivity index (χ1n) is 13.6. The van der Waals surface area contributed by atoms with Crippen molar-refractivity contribution in [2.45, 2.75) is 11.5 Å². The van der Waals surface area contributed by atoms with Gasteiger partial charge in [0.25, 0.3) is 15.7 Å². The molecule has 9 nitrogen and oxygen atoms in total. The van der Waals surface area contributed by atoms with Crippen LogP contribution in [0.3, 0.4) is 0 Å². The van der Waals surface area contributed by atoms with Crippen LogP contribution in [0.25, 0.3) is 16.6 Å². The van der Waals surface area contributed by atoms with Crippen molar-refractivity contribution in [3.05, 3.63) is 139 Å². The molecule has 0 atom stereocenters. The van der Waals surface area contributed by atoms with E-state index in [1.165, 1.54) is 16.7 Å². The monoisotopic (exact) mass is 728 g/mol. The summed E-state index contributed by atoms with van der Waals surface area (Å²) in [5.74, 6) is 2.40. The van der Waals surface area contributed by atoms with E-state index in [0.29, 0.717) is 43.8 Å². The molecule has 0 radical (unpaired) electrons. The molecule has 0 unspecified atom stereocenters. The largest absolute Gasteiger partial charge is 0.486 e. The zero-order chi connectivity index (χ0) is 33.3. The molecular formula is C33H20Cl4N2O7S. The van der Waals surface area contributed by atoms with E-state index >= 15 is 0 Å². The number of benzene rings is 5. The predicted molar refractivity (Wildman–Crippen MR) is 181 cm³/mol. The van der Waals surface area contributed by atoms with Gasteiger partial charge in [-0.25, -0.2) is 4.98 Å². The molecule has 1 heterocycles. The number of hydrogen-bond acceptors (Lipinski definition) is 7. The van der Waals surface area contributed by atoms with Gasteiger partial charge < -0.3 is 14.2 Å². The lowest BCUT2D eigenvalue weighted by Gasteiger charge is -2.17. The van der Waals surface area contributed by atoms with Gasteiger partial charge in [0, 0.05) is 16.1 Å². The van der Waals surface area contributed by atoms with Gasteiger partial charge in [-0.3, -0.25) is 13.9 Å². The van der Waals surface area contributed by atoms with Crippen molar-refractivity contribution in [1.82, 2.24) is 9.55 Å². The van der Waals surface area contributed by atoms with Gasteiger partial charge in [-0.1, -0.05) is 46.4 Å². The Hall–Kier alpha value is -4.29. The highest BCUT2D eigenvalue weighted by molar-refractivity contribution is 7.85. The normalized spacial score (nSPS) is 11.4. The van der Waals surface area contributed by atoms with Gasteiger partial charge in [0.15, 0.2) is 5.82 Å². The maximum Gasteiger partial charge on any atom is 0.294 e. The van der Waals surface area contributed by atoms with E-state index in [4.69, 9.17) is 60.6 Å². The first-order valence-corrected chi connectivity index (χ1v) is 16.5. The molecular weight excluding hydrogens is 710 g/mol. The maximum absolute atomic E-state index is 13.9. The van der Waals surface area contributed by atoms with E-state index in [1.54, 1.807) is 78.9 Å². The average Bonchev–Trinajstić information content (AvgIpc) is 3.03. The third-order valence-corrected chi connectivity index (χ3v) is 8.66. The molecule has 6 aromatic rings. The number of nitrogens with zero attached hydrogens (tertiary/aromatic N) is 2. The molecule has 0 fully saturated rings. The molecule has 6 rings (SSSR count). The molecule has 5 aromatic carbocycles. The van der Waals surface area contributed by atoms with Gasteiger partial charge in [-0.05, 0) is 97.1 Å². The number of ether oxygens (including phenoxy) is 3. The molecule has 0 aliphatic rings. The van der Waals surface area contributed by atoms with Crippen LogP contribution in [0.15, 0.2) is 113 Å². The molecule has 0 amide bonds. The summed E-state index contributed by atoms with van der Waals surface area (Å²) >= 11 is 24.8. The zero-order valence-corrected chi connectivity index (χ0v) is 27.6. The minimum absolute atomic E-state index is 0.0659. The number of fused-ring (bicyclic) bond motifs is 1. The molecule has 0 saturated heterocycles. The van der Waals surface area contributed by atoms with Crippen molar-refractivity contribution in [2.75, 3.05) is 0 Å². The van der Waals surface area contributed by atoms with Crippen molar-refractivity contribution >= 4 is 67.4 Å².